The maximum Gasteiger partial charge on any atom is 0.416 e. The molecule has 0 bridgehead atoms. The van der Waals surface area contributed by atoms with E-state index < -0.39 is 45.6 Å². The summed E-state index contributed by atoms with van der Waals surface area (Å²) in [7, 11) is -4.07. The molecule has 9 nitrogen and oxygen atoms in total. The number of sulfonamides is 1. The first-order valence-electron chi connectivity index (χ1n) is 14.5. The molecule has 0 unspecified atom stereocenters. The van der Waals surface area contributed by atoms with Gasteiger partial charge in [0.05, 0.1) is 41.0 Å². The number of aliphatic hydroxyl groups is 1. The van der Waals surface area contributed by atoms with Crippen molar-refractivity contribution in [3.05, 3.63) is 108 Å². The number of anilines is 1. The fourth-order valence-electron chi connectivity index (χ4n) is 5.20. The first-order valence-corrected chi connectivity index (χ1v) is 15.9. The Kier molecular flexibility index (Phi) is 9.99. The van der Waals surface area contributed by atoms with Gasteiger partial charge in [0.15, 0.2) is 0 Å². The van der Waals surface area contributed by atoms with E-state index in [1.54, 1.807) is 0 Å². The Hall–Kier alpha value is -4.40. The third-order valence-electron chi connectivity index (χ3n) is 7.54. The molecule has 242 valence electrons. The quantitative estimate of drug-likeness (QED) is 0.198. The zero-order valence-electron chi connectivity index (χ0n) is 24.4. The summed E-state index contributed by atoms with van der Waals surface area (Å²) < 4.78 is 80.5. The number of carbonyl (C=O) groups is 1. The predicted molar refractivity (Wildman–Crippen MR) is 162 cm³/mol. The third-order valence-corrected chi connectivity index (χ3v) is 9.46. The second kappa shape index (κ2) is 13.9. The number of aromatic nitrogens is 2. The van der Waals surface area contributed by atoms with Gasteiger partial charge in [-0.2, -0.15) is 17.5 Å². The maximum absolute atomic E-state index is 13.4. The van der Waals surface area contributed by atoms with Gasteiger partial charge >= 0.3 is 6.18 Å². The Labute approximate surface area is 263 Å². The average Bonchev–Trinajstić information content (AvgIpc) is 3.55. The van der Waals surface area contributed by atoms with Gasteiger partial charge in [-0.05, 0) is 67.3 Å². The summed E-state index contributed by atoms with van der Waals surface area (Å²) in [6.07, 6.45) is -3.37. The van der Waals surface area contributed by atoms with Gasteiger partial charge in [-0.3, -0.25) is 4.79 Å². The predicted octanol–water partition coefficient (Wildman–Crippen LogP) is 4.79. The number of alkyl halides is 3. The molecule has 1 saturated heterocycles. The van der Waals surface area contributed by atoms with Crippen LogP contribution in [0.4, 0.5) is 23.5 Å². The number of halogens is 4. The fraction of sp³-hybridized carbons (Fsp3) is 0.281. The van der Waals surface area contributed by atoms with E-state index in [0.717, 1.165) is 46.3 Å². The van der Waals surface area contributed by atoms with Gasteiger partial charge in [0.25, 0.3) is 0 Å². The van der Waals surface area contributed by atoms with E-state index in [1.807, 2.05) is 30.3 Å². The summed E-state index contributed by atoms with van der Waals surface area (Å²) in [4.78, 5) is 22.1. The number of nitrogens with zero attached hydrogens (tertiary/aromatic N) is 3. The van der Waals surface area contributed by atoms with E-state index in [4.69, 9.17) is 0 Å². The smallest absolute Gasteiger partial charge is 0.394 e. The standard InChI is InChI=1S/C32H31F4N5O4S/c33-24-12-14-27(15-13-24)46(44,45)41-16-4-7-29(41)30(43)37-19-25-18-28(22-8-10-23(11-9-22)32(34,35)36)40-31(38-25)39-26(20-42)17-21-5-2-1-3-6-21/h1-3,5-6,8-15,18,26,29,42H,4,7,16-17,19-20H2,(H,37,43)(H,38,39,40)/t26-,29-/m0/s1. The third kappa shape index (κ3) is 7.87. The molecule has 1 aliphatic heterocycles. The molecule has 1 fully saturated rings. The fourth-order valence-corrected chi connectivity index (χ4v) is 6.86. The monoisotopic (exact) mass is 657 g/mol. The SMILES string of the molecule is O=C(NCc1cc(-c2ccc(C(F)(F)F)cc2)nc(N[C@H](CO)Cc2ccccc2)n1)[C@@H]1CCCN1S(=O)(=O)c1ccc(F)cc1. The second-order valence-corrected chi connectivity index (χ2v) is 12.7. The van der Waals surface area contributed by atoms with Crippen LogP contribution in [0.5, 0.6) is 0 Å². The molecular formula is C32H31F4N5O4S. The molecule has 3 aromatic carbocycles. The molecule has 2 heterocycles. The number of hydrogen-bond donors (Lipinski definition) is 3. The maximum atomic E-state index is 13.4. The first-order chi connectivity index (χ1) is 21.9. The lowest BCUT2D eigenvalue weighted by molar-refractivity contribution is -0.137. The lowest BCUT2D eigenvalue weighted by Crippen LogP contribution is -2.45. The van der Waals surface area contributed by atoms with Crippen molar-refractivity contribution < 1.29 is 35.9 Å². The highest BCUT2D eigenvalue weighted by molar-refractivity contribution is 7.89. The van der Waals surface area contributed by atoms with Crippen molar-refractivity contribution in [1.29, 1.82) is 0 Å². The van der Waals surface area contributed by atoms with Crippen LogP contribution in [0.3, 0.4) is 0 Å². The summed E-state index contributed by atoms with van der Waals surface area (Å²) in [5.74, 6) is -1.07. The topological polar surface area (TPSA) is 125 Å². The lowest BCUT2D eigenvalue weighted by Gasteiger charge is -2.23. The summed E-state index contributed by atoms with van der Waals surface area (Å²) in [5.41, 5.74) is 1.05. The number of aliphatic hydroxyl groups excluding tert-OH is 1. The first kappa shape index (κ1) is 33.0. The molecule has 0 spiro atoms. The van der Waals surface area contributed by atoms with Gasteiger partial charge in [0.2, 0.25) is 21.9 Å². The summed E-state index contributed by atoms with van der Waals surface area (Å²) in [6.45, 7) is -0.302. The van der Waals surface area contributed by atoms with Gasteiger partial charge < -0.3 is 15.7 Å². The Morgan fingerprint density at radius 3 is 2.35 bits per heavy atom. The molecule has 1 amide bonds. The van der Waals surface area contributed by atoms with E-state index in [-0.39, 0.29) is 42.7 Å². The van der Waals surface area contributed by atoms with Crippen molar-refractivity contribution in [2.45, 2.75) is 49.0 Å². The Balaban J connectivity index is 1.37. The minimum Gasteiger partial charge on any atom is -0.394 e. The molecule has 4 aromatic rings. The highest BCUT2D eigenvalue weighted by Crippen LogP contribution is 2.31. The van der Waals surface area contributed by atoms with Crippen LogP contribution < -0.4 is 10.6 Å². The van der Waals surface area contributed by atoms with Crippen molar-refractivity contribution in [2.75, 3.05) is 18.5 Å². The van der Waals surface area contributed by atoms with Crippen molar-refractivity contribution >= 4 is 21.9 Å². The summed E-state index contributed by atoms with van der Waals surface area (Å²) in [6, 6.07) is 18.2. The highest BCUT2D eigenvalue weighted by atomic mass is 32.2. The lowest BCUT2D eigenvalue weighted by atomic mass is 10.1. The van der Waals surface area contributed by atoms with Crippen LogP contribution in [-0.4, -0.2) is 58.9 Å². The van der Waals surface area contributed by atoms with E-state index >= 15 is 0 Å². The van der Waals surface area contributed by atoms with Gasteiger partial charge in [0, 0.05) is 12.1 Å². The van der Waals surface area contributed by atoms with Gasteiger partial charge in [-0.25, -0.2) is 22.8 Å². The largest absolute Gasteiger partial charge is 0.416 e. The van der Waals surface area contributed by atoms with E-state index in [9.17, 15) is 35.9 Å². The van der Waals surface area contributed by atoms with Crippen LogP contribution in [0.1, 0.15) is 29.7 Å². The zero-order chi connectivity index (χ0) is 32.9. The van der Waals surface area contributed by atoms with Crippen LogP contribution in [0, 0.1) is 5.82 Å². The summed E-state index contributed by atoms with van der Waals surface area (Å²) in [5, 5.41) is 15.8. The molecule has 1 aromatic heterocycles. The molecule has 2 atom stereocenters. The number of benzene rings is 3. The molecule has 5 rings (SSSR count). The molecule has 46 heavy (non-hydrogen) atoms. The van der Waals surface area contributed by atoms with Crippen LogP contribution in [0.15, 0.2) is 89.8 Å². The van der Waals surface area contributed by atoms with E-state index in [2.05, 4.69) is 20.6 Å². The number of amides is 1. The molecule has 0 saturated carbocycles. The van der Waals surface area contributed by atoms with Gasteiger partial charge in [-0.1, -0.05) is 42.5 Å². The van der Waals surface area contributed by atoms with Crippen LogP contribution in [0.2, 0.25) is 0 Å². The Morgan fingerprint density at radius 1 is 1.00 bits per heavy atom. The molecule has 14 heteroatoms. The molecule has 0 radical (unpaired) electrons. The molecule has 3 N–H and O–H groups in total. The second-order valence-electron chi connectivity index (χ2n) is 10.8. The molecule has 0 aliphatic carbocycles. The normalized spacial score (nSPS) is 16.2. The summed E-state index contributed by atoms with van der Waals surface area (Å²) >= 11 is 0. The highest BCUT2D eigenvalue weighted by Gasteiger charge is 2.39. The van der Waals surface area contributed by atoms with Crippen molar-refractivity contribution in [3.8, 4) is 11.3 Å². The van der Waals surface area contributed by atoms with Crippen LogP contribution in [-0.2, 0) is 34.0 Å². The Morgan fingerprint density at radius 2 is 1.70 bits per heavy atom. The van der Waals surface area contributed by atoms with Crippen molar-refractivity contribution in [2.24, 2.45) is 0 Å². The van der Waals surface area contributed by atoms with Gasteiger partial charge in [-0.15, -0.1) is 0 Å². The van der Waals surface area contributed by atoms with Crippen molar-refractivity contribution in [3.63, 3.8) is 0 Å². The molecular weight excluding hydrogens is 626 g/mol. The number of carbonyl (C=O) groups excluding carboxylic acids is 1. The molecule has 1 aliphatic rings. The van der Waals surface area contributed by atoms with E-state index in [0.29, 0.717) is 24.1 Å². The average molecular weight is 658 g/mol. The van der Waals surface area contributed by atoms with Crippen molar-refractivity contribution in [1.82, 2.24) is 19.6 Å². The number of nitrogens with one attached hydrogen (secondary N) is 2. The van der Waals surface area contributed by atoms with E-state index in [1.165, 1.54) is 18.2 Å². The minimum atomic E-state index is -4.52. The number of hydrogen-bond acceptors (Lipinski definition) is 7. The van der Waals surface area contributed by atoms with Crippen LogP contribution in [0.25, 0.3) is 11.3 Å². The Bertz CT molecular complexity index is 1760. The van der Waals surface area contributed by atoms with Gasteiger partial charge in [0.1, 0.15) is 11.9 Å². The zero-order valence-corrected chi connectivity index (χ0v) is 25.2. The van der Waals surface area contributed by atoms with Crippen LogP contribution >= 0.6 is 0 Å². The number of rotatable bonds is 11. The minimum absolute atomic E-state index is 0.0815.